The van der Waals surface area contributed by atoms with Crippen molar-refractivity contribution < 1.29 is 9.84 Å². The van der Waals surface area contributed by atoms with Gasteiger partial charge in [0.1, 0.15) is 11.5 Å². The second-order valence-electron chi connectivity index (χ2n) is 6.42. The minimum absolute atomic E-state index is 0.0611. The number of unbranched alkanes of at least 4 members (excludes halogenated alkanes) is 2. The van der Waals surface area contributed by atoms with Crippen LogP contribution in [0, 0.1) is 0 Å². The van der Waals surface area contributed by atoms with Crippen LogP contribution in [-0.2, 0) is 11.8 Å². The van der Waals surface area contributed by atoms with Crippen molar-refractivity contribution in [2.75, 3.05) is 6.61 Å². The van der Waals surface area contributed by atoms with E-state index in [1.807, 2.05) is 6.07 Å². The van der Waals surface area contributed by atoms with Gasteiger partial charge in [-0.05, 0) is 30.9 Å². The molecule has 0 atom stereocenters. The summed E-state index contributed by atoms with van der Waals surface area (Å²) in [5.41, 5.74) is 1.06. The number of nitrogens with one attached hydrogen (secondary N) is 1. The van der Waals surface area contributed by atoms with Crippen molar-refractivity contribution in [2.45, 2.75) is 58.3 Å². The summed E-state index contributed by atoms with van der Waals surface area (Å²) in [6.07, 6.45) is 5.07. The van der Waals surface area contributed by atoms with Crippen molar-refractivity contribution >= 4 is 0 Å². The van der Waals surface area contributed by atoms with E-state index >= 15 is 0 Å². The number of hydrogen-bond donors (Lipinski definition) is 2. The SMILES string of the molecule is CCc1ccc(O)cc1OCCCCCC(C)(C)c1nn[nH]n1. The minimum atomic E-state index is -0.0611. The van der Waals surface area contributed by atoms with E-state index in [4.69, 9.17) is 4.74 Å². The smallest absolute Gasteiger partial charge is 0.180 e. The Kier molecular flexibility index (Phi) is 5.96. The van der Waals surface area contributed by atoms with Gasteiger partial charge in [-0.15, -0.1) is 10.2 Å². The first-order chi connectivity index (χ1) is 11.0. The fourth-order valence-corrected chi connectivity index (χ4v) is 2.56. The average molecular weight is 318 g/mol. The molecule has 0 aliphatic heterocycles. The Morgan fingerprint density at radius 2 is 2.04 bits per heavy atom. The van der Waals surface area contributed by atoms with Crippen molar-refractivity contribution in [1.82, 2.24) is 20.6 Å². The van der Waals surface area contributed by atoms with Gasteiger partial charge in [-0.1, -0.05) is 44.9 Å². The lowest BCUT2D eigenvalue weighted by atomic mass is 9.86. The molecule has 2 rings (SSSR count). The van der Waals surface area contributed by atoms with Crippen LogP contribution in [0.2, 0.25) is 0 Å². The van der Waals surface area contributed by atoms with E-state index in [1.165, 1.54) is 0 Å². The number of H-pyrrole nitrogens is 1. The van der Waals surface area contributed by atoms with Crippen LogP contribution >= 0.6 is 0 Å². The number of rotatable bonds is 9. The molecule has 23 heavy (non-hydrogen) atoms. The van der Waals surface area contributed by atoms with E-state index < -0.39 is 0 Å². The highest BCUT2D eigenvalue weighted by Gasteiger charge is 2.24. The molecule has 0 amide bonds. The summed E-state index contributed by atoms with van der Waals surface area (Å²) in [5.74, 6) is 1.81. The zero-order valence-electron chi connectivity index (χ0n) is 14.2. The molecular weight excluding hydrogens is 292 g/mol. The standard InChI is InChI=1S/C17H26N4O2/c1-4-13-8-9-14(22)12-15(13)23-11-7-5-6-10-17(2,3)16-18-20-21-19-16/h8-9,12,22H,4-7,10-11H2,1-3H3,(H,18,19,20,21). The van der Waals surface area contributed by atoms with Crippen molar-refractivity contribution in [2.24, 2.45) is 0 Å². The molecular formula is C17H26N4O2. The highest BCUT2D eigenvalue weighted by atomic mass is 16.5. The molecule has 126 valence electrons. The zero-order valence-corrected chi connectivity index (χ0v) is 14.2. The normalized spacial score (nSPS) is 11.6. The Balaban J connectivity index is 1.69. The van der Waals surface area contributed by atoms with E-state index in [9.17, 15) is 5.11 Å². The van der Waals surface area contributed by atoms with E-state index in [-0.39, 0.29) is 11.2 Å². The molecule has 0 fully saturated rings. The summed E-state index contributed by atoms with van der Waals surface area (Å²) < 4.78 is 5.81. The highest BCUT2D eigenvalue weighted by molar-refractivity contribution is 5.39. The largest absolute Gasteiger partial charge is 0.508 e. The lowest BCUT2D eigenvalue weighted by Gasteiger charge is -2.19. The number of phenols is 1. The van der Waals surface area contributed by atoms with Gasteiger partial charge in [0.2, 0.25) is 0 Å². The third kappa shape index (κ3) is 4.94. The van der Waals surface area contributed by atoms with Crippen LogP contribution in [-0.4, -0.2) is 32.3 Å². The van der Waals surface area contributed by atoms with Crippen LogP contribution in [0.5, 0.6) is 11.5 Å². The second kappa shape index (κ2) is 7.94. The van der Waals surface area contributed by atoms with Crippen LogP contribution in [0.25, 0.3) is 0 Å². The molecule has 0 radical (unpaired) electrons. The molecule has 0 saturated heterocycles. The number of aryl methyl sites for hydroxylation is 1. The molecule has 1 aromatic heterocycles. The maximum Gasteiger partial charge on any atom is 0.180 e. The first kappa shape index (κ1) is 17.2. The van der Waals surface area contributed by atoms with Gasteiger partial charge in [-0.25, -0.2) is 0 Å². The number of aromatic hydroxyl groups is 1. The van der Waals surface area contributed by atoms with E-state index in [0.717, 1.165) is 49.2 Å². The lowest BCUT2D eigenvalue weighted by molar-refractivity contribution is 0.296. The van der Waals surface area contributed by atoms with Crippen molar-refractivity contribution in [3.63, 3.8) is 0 Å². The van der Waals surface area contributed by atoms with Gasteiger partial charge < -0.3 is 9.84 Å². The van der Waals surface area contributed by atoms with E-state index in [2.05, 4.69) is 41.4 Å². The van der Waals surface area contributed by atoms with Gasteiger partial charge in [-0.2, -0.15) is 5.21 Å². The number of aromatic amines is 1. The predicted molar refractivity (Wildman–Crippen MR) is 88.7 cm³/mol. The molecule has 0 saturated carbocycles. The average Bonchev–Trinajstić information content (AvgIpc) is 3.06. The molecule has 0 unspecified atom stereocenters. The first-order valence-electron chi connectivity index (χ1n) is 8.21. The molecule has 1 heterocycles. The van der Waals surface area contributed by atoms with Gasteiger partial charge in [0.15, 0.2) is 5.82 Å². The molecule has 2 N–H and O–H groups in total. The maximum absolute atomic E-state index is 9.55. The van der Waals surface area contributed by atoms with Gasteiger partial charge in [-0.3, -0.25) is 0 Å². The first-order valence-corrected chi connectivity index (χ1v) is 8.21. The van der Waals surface area contributed by atoms with Crippen LogP contribution in [0.15, 0.2) is 18.2 Å². The molecule has 2 aromatic rings. The van der Waals surface area contributed by atoms with Gasteiger partial charge in [0.05, 0.1) is 6.61 Å². The number of tetrazole rings is 1. The highest BCUT2D eigenvalue weighted by Crippen LogP contribution is 2.26. The van der Waals surface area contributed by atoms with Gasteiger partial charge >= 0.3 is 0 Å². The summed E-state index contributed by atoms with van der Waals surface area (Å²) in [5, 5.41) is 23.8. The molecule has 0 aliphatic rings. The number of aromatic nitrogens is 4. The van der Waals surface area contributed by atoms with Crippen molar-refractivity contribution in [1.29, 1.82) is 0 Å². The Hall–Kier alpha value is -2.11. The Labute approximate surface area is 137 Å². The summed E-state index contributed by atoms with van der Waals surface area (Å²) in [6, 6.07) is 5.31. The molecule has 0 aliphatic carbocycles. The van der Waals surface area contributed by atoms with E-state index in [1.54, 1.807) is 12.1 Å². The third-order valence-corrected chi connectivity index (χ3v) is 4.09. The van der Waals surface area contributed by atoms with Crippen molar-refractivity contribution in [3.8, 4) is 11.5 Å². The quantitative estimate of drug-likeness (QED) is 0.692. The Morgan fingerprint density at radius 1 is 1.22 bits per heavy atom. The topological polar surface area (TPSA) is 83.9 Å². The Morgan fingerprint density at radius 3 is 2.74 bits per heavy atom. The van der Waals surface area contributed by atoms with Crippen LogP contribution in [0.3, 0.4) is 0 Å². The number of benzene rings is 1. The fourth-order valence-electron chi connectivity index (χ4n) is 2.56. The van der Waals surface area contributed by atoms with Gasteiger partial charge in [0, 0.05) is 11.5 Å². The Bertz CT molecular complexity index is 597. The molecule has 0 bridgehead atoms. The number of nitrogens with zero attached hydrogens (tertiary/aromatic N) is 3. The molecule has 6 nitrogen and oxygen atoms in total. The monoisotopic (exact) mass is 318 g/mol. The molecule has 1 aromatic carbocycles. The van der Waals surface area contributed by atoms with Crippen molar-refractivity contribution in [3.05, 3.63) is 29.6 Å². The number of hydrogen-bond acceptors (Lipinski definition) is 5. The number of phenolic OH excluding ortho intramolecular Hbond substituents is 1. The number of ether oxygens (including phenoxy) is 1. The zero-order chi connectivity index (χ0) is 16.7. The fraction of sp³-hybridized carbons (Fsp3) is 0.588. The molecule has 6 heteroatoms. The predicted octanol–water partition coefficient (Wildman–Crippen LogP) is 3.38. The van der Waals surface area contributed by atoms with Crippen LogP contribution in [0.4, 0.5) is 0 Å². The summed E-state index contributed by atoms with van der Waals surface area (Å²) in [4.78, 5) is 0. The molecule has 0 spiro atoms. The summed E-state index contributed by atoms with van der Waals surface area (Å²) in [7, 11) is 0. The second-order valence-corrected chi connectivity index (χ2v) is 6.42. The van der Waals surface area contributed by atoms with E-state index in [0.29, 0.717) is 6.61 Å². The maximum atomic E-state index is 9.55. The van der Waals surface area contributed by atoms with Gasteiger partial charge in [0.25, 0.3) is 0 Å². The third-order valence-electron chi connectivity index (χ3n) is 4.09. The summed E-state index contributed by atoms with van der Waals surface area (Å²) in [6.45, 7) is 7.02. The minimum Gasteiger partial charge on any atom is -0.508 e. The summed E-state index contributed by atoms with van der Waals surface area (Å²) >= 11 is 0. The van der Waals surface area contributed by atoms with Crippen LogP contribution < -0.4 is 4.74 Å². The van der Waals surface area contributed by atoms with Crippen LogP contribution in [0.1, 0.15) is 57.8 Å². The lowest BCUT2D eigenvalue weighted by Crippen LogP contribution is -2.19.